The van der Waals surface area contributed by atoms with Crippen LogP contribution in [0.15, 0.2) is 155 Å². The SMILES string of the molecule is C1=CC(n2c3ccccc3c3cc4c(cc32)sc2ccccc24)N=CC1=C1NC(c2ccccc2)=NC(c2ccccc2)N1. The summed E-state index contributed by atoms with van der Waals surface area (Å²) in [6.07, 6.45) is 5.97. The highest BCUT2D eigenvalue weighted by atomic mass is 32.1. The maximum Gasteiger partial charge on any atom is 0.148 e. The quantitative estimate of drug-likeness (QED) is 0.218. The molecule has 44 heavy (non-hydrogen) atoms. The first-order chi connectivity index (χ1) is 21.8. The first-order valence-electron chi connectivity index (χ1n) is 14.8. The van der Waals surface area contributed by atoms with Crippen LogP contribution in [0.5, 0.6) is 0 Å². The number of hydrogen-bond donors (Lipinski definition) is 2. The van der Waals surface area contributed by atoms with E-state index in [-0.39, 0.29) is 12.3 Å². The number of aromatic nitrogens is 1. The number of nitrogens with zero attached hydrogens (tertiary/aromatic N) is 3. The van der Waals surface area contributed by atoms with E-state index in [1.165, 1.54) is 42.0 Å². The Bertz CT molecular complexity index is 2330. The molecular formula is C38H27N5S. The third-order valence-electron chi connectivity index (χ3n) is 8.52. The molecule has 5 nitrogen and oxygen atoms in total. The van der Waals surface area contributed by atoms with Crippen LogP contribution < -0.4 is 10.6 Å². The first kappa shape index (κ1) is 25.1. The molecule has 2 aliphatic rings. The van der Waals surface area contributed by atoms with Gasteiger partial charge in [-0.2, -0.15) is 0 Å². The second-order valence-electron chi connectivity index (χ2n) is 11.2. The van der Waals surface area contributed by atoms with E-state index in [1.807, 2.05) is 41.8 Å². The molecule has 2 unspecified atom stereocenters. The predicted molar refractivity (Wildman–Crippen MR) is 184 cm³/mol. The van der Waals surface area contributed by atoms with Crippen LogP contribution in [-0.4, -0.2) is 16.6 Å². The molecule has 0 radical (unpaired) electrons. The van der Waals surface area contributed by atoms with E-state index < -0.39 is 0 Å². The topological polar surface area (TPSA) is 53.7 Å². The molecular weight excluding hydrogens is 559 g/mol. The third kappa shape index (κ3) is 4.07. The first-order valence-corrected chi connectivity index (χ1v) is 15.6. The Balaban J connectivity index is 1.14. The fraction of sp³-hybridized carbons (Fsp3) is 0.0526. The predicted octanol–water partition coefficient (Wildman–Crippen LogP) is 8.85. The zero-order valence-electron chi connectivity index (χ0n) is 23.7. The lowest BCUT2D eigenvalue weighted by Gasteiger charge is -2.29. The summed E-state index contributed by atoms with van der Waals surface area (Å²) in [7, 11) is 0. The molecule has 4 heterocycles. The Labute approximate surface area is 258 Å². The molecule has 210 valence electrons. The maximum atomic E-state index is 5.12. The van der Waals surface area contributed by atoms with Crippen LogP contribution in [0.2, 0.25) is 0 Å². The standard InChI is InChI=1S/C38H27N5S/c1-3-11-24(12-4-1)36-40-37(25-13-5-2-6-14-25)42-38(41-36)26-19-20-35(39-23-26)43-31-17-9-7-15-27(31)29-21-30-28-16-8-10-18-33(28)44-34(30)22-32(29)43/h1-23,35-36,41H,(H,40,42). The Morgan fingerprint density at radius 1 is 0.659 bits per heavy atom. The molecule has 0 saturated carbocycles. The van der Waals surface area contributed by atoms with Crippen molar-refractivity contribution < 1.29 is 0 Å². The molecule has 0 aliphatic carbocycles. The lowest BCUT2D eigenvalue weighted by molar-refractivity contribution is 0.579. The van der Waals surface area contributed by atoms with Crippen molar-refractivity contribution in [2.45, 2.75) is 12.3 Å². The van der Waals surface area contributed by atoms with Crippen molar-refractivity contribution in [3.8, 4) is 0 Å². The van der Waals surface area contributed by atoms with Gasteiger partial charge in [0.1, 0.15) is 24.0 Å². The minimum absolute atomic E-state index is 0.163. The summed E-state index contributed by atoms with van der Waals surface area (Å²) < 4.78 is 4.98. The highest BCUT2D eigenvalue weighted by molar-refractivity contribution is 7.25. The number of dihydropyridines is 1. The second-order valence-corrected chi connectivity index (χ2v) is 12.2. The Hall–Kier alpha value is -5.46. The van der Waals surface area contributed by atoms with Gasteiger partial charge in [0.05, 0.1) is 11.0 Å². The molecule has 0 fully saturated rings. The van der Waals surface area contributed by atoms with Crippen molar-refractivity contribution in [3.05, 3.63) is 156 Å². The number of hydrogen-bond acceptors (Lipinski definition) is 5. The fourth-order valence-electron chi connectivity index (χ4n) is 6.42. The maximum absolute atomic E-state index is 5.12. The summed E-state index contributed by atoms with van der Waals surface area (Å²) in [4.78, 5) is 10.1. The number of thiophene rings is 1. The molecule has 2 atom stereocenters. The number of aliphatic imine (C=N–C) groups is 2. The Morgan fingerprint density at radius 2 is 1.41 bits per heavy atom. The summed E-state index contributed by atoms with van der Waals surface area (Å²) in [5.74, 6) is 1.72. The average molecular weight is 586 g/mol. The molecule has 9 rings (SSSR count). The number of allylic oxidation sites excluding steroid dienone is 2. The van der Waals surface area contributed by atoms with E-state index in [0.717, 1.165) is 28.4 Å². The molecule has 7 aromatic rings. The highest BCUT2D eigenvalue weighted by Gasteiger charge is 2.24. The number of para-hydroxylation sites is 1. The van der Waals surface area contributed by atoms with Gasteiger partial charge in [0, 0.05) is 48.3 Å². The van der Waals surface area contributed by atoms with E-state index in [1.54, 1.807) is 0 Å². The normalized spacial score (nSPS) is 19.9. The van der Waals surface area contributed by atoms with Crippen molar-refractivity contribution in [1.82, 2.24) is 15.2 Å². The Kier molecular flexibility index (Phi) is 5.74. The van der Waals surface area contributed by atoms with Gasteiger partial charge in [-0.15, -0.1) is 11.3 Å². The van der Waals surface area contributed by atoms with Gasteiger partial charge in [-0.05, 0) is 42.0 Å². The van der Waals surface area contributed by atoms with Crippen LogP contribution in [0, 0.1) is 0 Å². The van der Waals surface area contributed by atoms with Crippen molar-refractivity contribution in [3.63, 3.8) is 0 Å². The number of rotatable bonds is 3. The van der Waals surface area contributed by atoms with Crippen LogP contribution >= 0.6 is 11.3 Å². The summed E-state index contributed by atoms with van der Waals surface area (Å²) in [5, 5.41) is 12.3. The molecule has 2 aromatic heterocycles. The van der Waals surface area contributed by atoms with E-state index in [9.17, 15) is 0 Å². The molecule has 2 aliphatic heterocycles. The van der Waals surface area contributed by atoms with E-state index in [4.69, 9.17) is 9.98 Å². The van der Waals surface area contributed by atoms with E-state index >= 15 is 0 Å². The number of amidine groups is 1. The van der Waals surface area contributed by atoms with E-state index in [0.29, 0.717) is 0 Å². The minimum Gasteiger partial charge on any atom is -0.346 e. The van der Waals surface area contributed by atoms with Gasteiger partial charge in [0.2, 0.25) is 0 Å². The van der Waals surface area contributed by atoms with Gasteiger partial charge in [0.25, 0.3) is 0 Å². The number of fused-ring (bicyclic) bond motifs is 6. The van der Waals surface area contributed by atoms with Crippen LogP contribution in [0.25, 0.3) is 42.0 Å². The summed E-state index contributed by atoms with van der Waals surface area (Å²) in [5.41, 5.74) is 5.51. The number of benzene rings is 5. The smallest absolute Gasteiger partial charge is 0.148 e. The van der Waals surface area contributed by atoms with Gasteiger partial charge in [-0.25, -0.2) is 4.99 Å². The van der Waals surface area contributed by atoms with Gasteiger partial charge >= 0.3 is 0 Å². The zero-order valence-corrected chi connectivity index (χ0v) is 24.5. The van der Waals surface area contributed by atoms with Crippen LogP contribution in [0.1, 0.15) is 23.5 Å². The fourth-order valence-corrected chi connectivity index (χ4v) is 7.54. The molecule has 0 amide bonds. The highest BCUT2D eigenvalue weighted by Crippen LogP contribution is 2.41. The van der Waals surface area contributed by atoms with Crippen LogP contribution in [0.4, 0.5) is 0 Å². The van der Waals surface area contributed by atoms with Crippen molar-refractivity contribution >= 4 is 65.4 Å². The lowest BCUT2D eigenvalue weighted by Crippen LogP contribution is -2.41. The number of nitrogens with one attached hydrogen (secondary N) is 2. The van der Waals surface area contributed by atoms with Gasteiger partial charge in [-0.3, -0.25) is 4.99 Å². The minimum atomic E-state index is -0.212. The largest absolute Gasteiger partial charge is 0.346 e. The van der Waals surface area contributed by atoms with Crippen molar-refractivity contribution in [1.29, 1.82) is 0 Å². The third-order valence-corrected chi connectivity index (χ3v) is 9.65. The average Bonchev–Trinajstić information content (AvgIpc) is 3.62. The van der Waals surface area contributed by atoms with Crippen LogP contribution in [-0.2, 0) is 0 Å². The van der Waals surface area contributed by atoms with Crippen LogP contribution in [0.3, 0.4) is 0 Å². The van der Waals surface area contributed by atoms with E-state index in [2.05, 4.69) is 124 Å². The monoisotopic (exact) mass is 585 g/mol. The summed E-state index contributed by atoms with van der Waals surface area (Å²) in [6, 6.07) is 42.7. The summed E-state index contributed by atoms with van der Waals surface area (Å²) in [6.45, 7) is 0. The molecule has 0 bridgehead atoms. The Morgan fingerprint density at radius 3 is 2.23 bits per heavy atom. The van der Waals surface area contributed by atoms with Gasteiger partial charge in [-0.1, -0.05) is 97.1 Å². The van der Waals surface area contributed by atoms with Gasteiger partial charge < -0.3 is 15.2 Å². The molecule has 6 heteroatoms. The molecule has 2 N–H and O–H groups in total. The second kappa shape index (κ2) is 10.1. The molecule has 0 saturated heterocycles. The lowest BCUT2D eigenvalue weighted by atomic mass is 10.1. The summed E-state index contributed by atoms with van der Waals surface area (Å²) >= 11 is 1.85. The van der Waals surface area contributed by atoms with Crippen molar-refractivity contribution in [2.24, 2.45) is 9.98 Å². The van der Waals surface area contributed by atoms with Gasteiger partial charge in [0.15, 0.2) is 0 Å². The molecule has 0 spiro atoms. The molecule has 5 aromatic carbocycles. The zero-order chi connectivity index (χ0) is 29.0. The van der Waals surface area contributed by atoms with Crippen molar-refractivity contribution in [2.75, 3.05) is 0 Å².